The molecule has 0 radical (unpaired) electrons. The number of nitrogens with one attached hydrogen (secondary N) is 1. The van der Waals surface area contributed by atoms with Crippen molar-refractivity contribution in [1.82, 2.24) is 5.32 Å². The Morgan fingerprint density at radius 2 is 2.14 bits per heavy atom. The molecule has 1 unspecified atom stereocenters. The summed E-state index contributed by atoms with van der Waals surface area (Å²) in [6, 6.07) is 8.74. The molecule has 1 amide bonds. The maximum atomic E-state index is 11.9. The molecule has 0 saturated heterocycles. The molecule has 1 atom stereocenters. The van der Waals surface area contributed by atoms with E-state index >= 15 is 0 Å². The summed E-state index contributed by atoms with van der Waals surface area (Å²) in [5.74, 6) is 1.13. The number of hydrogen-bond donors (Lipinski definition) is 2. The molecule has 5 heteroatoms. The van der Waals surface area contributed by atoms with Crippen LogP contribution in [0.25, 0.3) is 0 Å². The topological polar surface area (TPSA) is 71.7 Å². The van der Waals surface area contributed by atoms with Crippen LogP contribution in [0, 0.1) is 13.8 Å². The second-order valence-corrected chi connectivity index (χ2v) is 5.11. The van der Waals surface area contributed by atoms with Gasteiger partial charge in [0.05, 0.1) is 25.9 Å². The monoisotopic (exact) mass is 303 g/mol. The molecular formula is C17H21NO4. The van der Waals surface area contributed by atoms with E-state index in [4.69, 9.17) is 9.15 Å². The first-order valence-electron chi connectivity index (χ1n) is 7.24. The molecule has 0 aliphatic rings. The van der Waals surface area contributed by atoms with E-state index in [0.29, 0.717) is 5.76 Å². The summed E-state index contributed by atoms with van der Waals surface area (Å²) >= 11 is 0. The van der Waals surface area contributed by atoms with Gasteiger partial charge in [-0.2, -0.15) is 0 Å². The smallest absolute Gasteiger partial charge is 0.224 e. The van der Waals surface area contributed by atoms with Gasteiger partial charge in [-0.25, -0.2) is 0 Å². The molecule has 2 aromatic rings. The summed E-state index contributed by atoms with van der Waals surface area (Å²) in [7, 11) is 0. The molecule has 1 aromatic heterocycles. The molecular weight excluding hydrogens is 282 g/mol. The fraction of sp³-hybridized carbons (Fsp3) is 0.353. The Balaban J connectivity index is 1.81. The SMILES string of the molecule is Cc1cccc(OCCC(=O)NC(CO)c2ccco2)c1C. The Bertz CT molecular complexity index is 607. The zero-order valence-corrected chi connectivity index (χ0v) is 12.8. The molecule has 1 aromatic carbocycles. The van der Waals surface area contributed by atoms with Crippen molar-refractivity contribution in [2.75, 3.05) is 13.2 Å². The van der Waals surface area contributed by atoms with E-state index in [1.165, 1.54) is 6.26 Å². The van der Waals surface area contributed by atoms with E-state index in [1.54, 1.807) is 12.1 Å². The second-order valence-electron chi connectivity index (χ2n) is 5.11. The molecule has 0 bridgehead atoms. The van der Waals surface area contributed by atoms with Crippen LogP contribution in [0.3, 0.4) is 0 Å². The average Bonchev–Trinajstić information content (AvgIpc) is 3.03. The van der Waals surface area contributed by atoms with Crippen LogP contribution in [0.2, 0.25) is 0 Å². The van der Waals surface area contributed by atoms with Crippen molar-refractivity contribution in [1.29, 1.82) is 0 Å². The first-order chi connectivity index (χ1) is 10.6. The normalized spacial score (nSPS) is 12.0. The van der Waals surface area contributed by atoms with Crippen LogP contribution in [0.15, 0.2) is 41.0 Å². The zero-order chi connectivity index (χ0) is 15.9. The highest BCUT2D eigenvalue weighted by Gasteiger charge is 2.16. The number of aliphatic hydroxyl groups excluding tert-OH is 1. The minimum atomic E-state index is -0.525. The van der Waals surface area contributed by atoms with Gasteiger partial charge < -0.3 is 19.6 Å². The van der Waals surface area contributed by atoms with Crippen LogP contribution >= 0.6 is 0 Å². The average molecular weight is 303 g/mol. The summed E-state index contributed by atoms with van der Waals surface area (Å²) in [5.41, 5.74) is 2.23. The van der Waals surface area contributed by atoms with Crippen molar-refractivity contribution in [3.8, 4) is 5.75 Å². The molecule has 0 aliphatic carbocycles. The lowest BCUT2D eigenvalue weighted by atomic mass is 10.1. The molecule has 0 saturated carbocycles. The summed E-state index contributed by atoms with van der Waals surface area (Å²) in [6.07, 6.45) is 1.72. The Hall–Kier alpha value is -2.27. The number of benzene rings is 1. The van der Waals surface area contributed by atoms with Crippen molar-refractivity contribution in [2.45, 2.75) is 26.3 Å². The number of rotatable bonds is 7. The minimum Gasteiger partial charge on any atom is -0.493 e. The highest BCUT2D eigenvalue weighted by Crippen LogP contribution is 2.20. The van der Waals surface area contributed by atoms with Crippen molar-refractivity contribution in [3.05, 3.63) is 53.5 Å². The van der Waals surface area contributed by atoms with Gasteiger partial charge in [0.1, 0.15) is 17.6 Å². The van der Waals surface area contributed by atoms with Gasteiger partial charge >= 0.3 is 0 Å². The maximum absolute atomic E-state index is 11.9. The van der Waals surface area contributed by atoms with Gasteiger partial charge in [0.2, 0.25) is 5.91 Å². The first-order valence-corrected chi connectivity index (χ1v) is 7.24. The van der Waals surface area contributed by atoms with Gasteiger partial charge in [-0.05, 0) is 43.2 Å². The van der Waals surface area contributed by atoms with Crippen molar-refractivity contribution in [2.24, 2.45) is 0 Å². The van der Waals surface area contributed by atoms with Crippen LogP contribution in [0.4, 0.5) is 0 Å². The molecule has 5 nitrogen and oxygen atoms in total. The van der Waals surface area contributed by atoms with Crippen molar-refractivity contribution >= 4 is 5.91 Å². The van der Waals surface area contributed by atoms with Crippen LogP contribution in [-0.2, 0) is 4.79 Å². The maximum Gasteiger partial charge on any atom is 0.224 e. The van der Waals surface area contributed by atoms with Gasteiger partial charge in [-0.1, -0.05) is 12.1 Å². The fourth-order valence-corrected chi connectivity index (χ4v) is 2.10. The lowest BCUT2D eigenvalue weighted by molar-refractivity contribution is -0.122. The third kappa shape index (κ3) is 4.11. The number of carbonyl (C=O) groups is 1. The minimum absolute atomic E-state index is 0.194. The lowest BCUT2D eigenvalue weighted by Crippen LogP contribution is -2.31. The van der Waals surface area contributed by atoms with E-state index in [2.05, 4.69) is 5.32 Å². The van der Waals surface area contributed by atoms with Crippen LogP contribution in [-0.4, -0.2) is 24.2 Å². The quantitative estimate of drug-likeness (QED) is 0.824. The van der Waals surface area contributed by atoms with Gasteiger partial charge in [0.15, 0.2) is 0 Å². The summed E-state index contributed by atoms with van der Waals surface area (Å²) < 4.78 is 10.8. The van der Waals surface area contributed by atoms with Crippen LogP contribution < -0.4 is 10.1 Å². The van der Waals surface area contributed by atoms with Crippen LogP contribution in [0.1, 0.15) is 29.3 Å². The van der Waals surface area contributed by atoms with Crippen LogP contribution in [0.5, 0.6) is 5.75 Å². The molecule has 0 spiro atoms. The molecule has 1 heterocycles. The molecule has 0 aliphatic heterocycles. The largest absolute Gasteiger partial charge is 0.493 e. The number of ether oxygens (including phenoxy) is 1. The highest BCUT2D eigenvalue weighted by atomic mass is 16.5. The number of carbonyl (C=O) groups excluding carboxylic acids is 1. The highest BCUT2D eigenvalue weighted by molar-refractivity contribution is 5.76. The second kappa shape index (κ2) is 7.66. The molecule has 22 heavy (non-hydrogen) atoms. The van der Waals surface area contributed by atoms with Gasteiger partial charge in [0, 0.05) is 0 Å². The number of amides is 1. The fourth-order valence-electron chi connectivity index (χ4n) is 2.10. The number of aryl methyl sites for hydroxylation is 1. The zero-order valence-electron chi connectivity index (χ0n) is 12.8. The molecule has 2 rings (SSSR count). The molecule has 118 valence electrons. The van der Waals surface area contributed by atoms with Crippen molar-refractivity contribution in [3.63, 3.8) is 0 Å². The Labute approximate surface area is 129 Å². The van der Waals surface area contributed by atoms with Gasteiger partial charge in [-0.3, -0.25) is 4.79 Å². The standard InChI is InChI=1S/C17H21NO4/c1-12-5-3-6-15(13(12)2)22-10-8-17(20)18-14(11-19)16-7-4-9-21-16/h3-7,9,14,19H,8,10-11H2,1-2H3,(H,18,20). The summed E-state index contributed by atoms with van der Waals surface area (Å²) in [4.78, 5) is 11.9. The molecule has 2 N–H and O–H groups in total. The van der Waals surface area contributed by atoms with E-state index in [0.717, 1.165) is 16.9 Å². The number of aliphatic hydroxyl groups is 1. The lowest BCUT2D eigenvalue weighted by Gasteiger charge is -2.14. The van der Waals surface area contributed by atoms with Gasteiger partial charge in [0.25, 0.3) is 0 Å². The Kier molecular flexibility index (Phi) is 5.61. The third-order valence-electron chi connectivity index (χ3n) is 3.55. The van der Waals surface area contributed by atoms with E-state index in [9.17, 15) is 9.90 Å². The third-order valence-corrected chi connectivity index (χ3v) is 3.55. The summed E-state index contributed by atoms with van der Waals surface area (Å²) in [5, 5.41) is 12.0. The Morgan fingerprint density at radius 1 is 1.32 bits per heavy atom. The van der Waals surface area contributed by atoms with E-state index in [1.807, 2.05) is 32.0 Å². The van der Waals surface area contributed by atoms with Gasteiger partial charge in [-0.15, -0.1) is 0 Å². The summed E-state index contributed by atoms with van der Waals surface area (Å²) in [6.45, 7) is 4.08. The Morgan fingerprint density at radius 3 is 2.82 bits per heavy atom. The predicted molar refractivity (Wildman–Crippen MR) is 82.7 cm³/mol. The predicted octanol–water partition coefficient (Wildman–Crippen LogP) is 2.52. The van der Waals surface area contributed by atoms with E-state index < -0.39 is 6.04 Å². The molecule has 0 fully saturated rings. The van der Waals surface area contributed by atoms with Crippen molar-refractivity contribution < 1.29 is 19.1 Å². The van der Waals surface area contributed by atoms with E-state index in [-0.39, 0.29) is 25.5 Å². The number of hydrogen-bond acceptors (Lipinski definition) is 4. The number of furan rings is 1. The first kappa shape index (κ1) is 16.1.